The number of methoxy groups -OCH3 is 1. The number of anilines is 1. The molecule has 1 aromatic carbocycles. The number of nitrogens with one attached hydrogen (secondary N) is 2. The zero-order valence-electron chi connectivity index (χ0n) is 13.4. The first-order valence-corrected chi connectivity index (χ1v) is 8.93. The van der Waals surface area contributed by atoms with Gasteiger partial charge in [-0.05, 0) is 36.4 Å². The molecule has 1 atom stereocenters. The molecule has 0 unspecified atom stereocenters. The molecule has 8 heteroatoms. The van der Waals surface area contributed by atoms with Crippen LogP contribution < -0.4 is 20.1 Å². The maximum atomic E-state index is 11.9. The molecule has 24 heavy (non-hydrogen) atoms. The molecule has 128 valence electrons. The molecule has 0 spiro atoms. The Kier molecular flexibility index (Phi) is 6.56. The molecule has 0 aliphatic carbocycles. The first-order valence-electron chi connectivity index (χ1n) is 7.20. The fourth-order valence-electron chi connectivity index (χ4n) is 1.80. The van der Waals surface area contributed by atoms with Gasteiger partial charge in [0.25, 0.3) is 0 Å². The average Bonchev–Trinajstić information content (AvgIpc) is 2.57. The zero-order chi connectivity index (χ0) is 17.4. The summed E-state index contributed by atoms with van der Waals surface area (Å²) in [6.45, 7) is 0.323. The lowest BCUT2D eigenvalue weighted by Crippen LogP contribution is -2.31. The van der Waals surface area contributed by atoms with Crippen LogP contribution in [-0.4, -0.2) is 40.9 Å². The Labute approximate surface area is 142 Å². The molecule has 2 aromatic rings. The molecular weight excluding hydrogens is 330 g/mol. The number of aromatic nitrogens is 1. The molecule has 0 saturated carbocycles. The van der Waals surface area contributed by atoms with Gasteiger partial charge >= 0.3 is 6.03 Å². The molecule has 0 radical (unpaired) electrons. The smallest absolute Gasteiger partial charge is 0.319 e. The SMILES string of the molecule is COc1ccc(Oc2ncccc2NC(=O)NCC[S@](C)=O)cc1. The van der Waals surface area contributed by atoms with Crippen LogP contribution in [0.4, 0.5) is 10.5 Å². The van der Waals surface area contributed by atoms with E-state index < -0.39 is 16.8 Å². The fraction of sp³-hybridized carbons (Fsp3) is 0.250. The van der Waals surface area contributed by atoms with E-state index in [4.69, 9.17) is 9.47 Å². The molecule has 0 fully saturated rings. The van der Waals surface area contributed by atoms with Crippen LogP contribution >= 0.6 is 0 Å². The van der Waals surface area contributed by atoms with Crippen LogP contribution in [-0.2, 0) is 10.8 Å². The average molecular weight is 349 g/mol. The van der Waals surface area contributed by atoms with Gasteiger partial charge in [-0.3, -0.25) is 4.21 Å². The number of carbonyl (C=O) groups is 1. The lowest BCUT2D eigenvalue weighted by Gasteiger charge is -2.12. The topological polar surface area (TPSA) is 89.6 Å². The van der Waals surface area contributed by atoms with Crippen LogP contribution in [0.25, 0.3) is 0 Å². The van der Waals surface area contributed by atoms with Crippen LogP contribution in [0.1, 0.15) is 0 Å². The number of ether oxygens (including phenoxy) is 2. The van der Waals surface area contributed by atoms with Crippen molar-refractivity contribution < 1.29 is 18.5 Å². The van der Waals surface area contributed by atoms with Gasteiger partial charge in [0.05, 0.1) is 7.11 Å². The van der Waals surface area contributed by atoms with Gasteiger partial charge in [-0.25, -0.2) is 9.78 Å². The molecule has 0 bridgehead atoms. The first kappa shape index (κ1) is 17.7. The highest BCUT2D eigenvalue weighted by atomic mass is 32.2. The molecule has 0 saturated heterocycles. The second-order valence-corrected chi connectivity index (χ2v) is 6.35. The number of benzene rings is 1. The summed E-state index contributed by atoms with van der Waals surface area (Å²) in [5.74, 6) is 1.96. The van der Waals surface area contributed by atoms with E-state index in [1.54, 1.807) is 56.0 Å². The van der Waals surface area contributed by atoms with Crippen LogP contribution in [0.2, 0.25) is 0 Å². The lowest BCUT2D eigenvalue weighted by molar-refractivity contribution is 0.252. The van der Waals surface area contributed by atoms with E-state index in [0.717, 1.165) is 5.75 Å². The maximum absolute atomic E-state index is 11.9. The highest BCUT2D eigenvalue weighted by Gasteiger charge is 2.09. The lowest BCUT2D eigenvalue weighted by atomic mass is 10.3. The van der Waals surface area contributed by atoms with Crippen LogP contribution in [0, 0.1) is 0 Å². The summed E-state index contributed by atoms with van der Waals surface area (Å²) in [4.78, 5) is 16.0. The van der Waals surface area contributed by atoms with E-state index in [1.165, 1.54) is 0 Å². The van der Waals surface area contributed by atoms with Crippen LogP contribution in [0.5, 0.6) is 17.4 Å². The largest absolute Gasteiger partial charge is 0.497 e. The third-order valence-electron chi connectivity index (χ3n) is 2.97. The predicted molar refractivity (Wildman–Crippen MR) is 93.3 cm³/mol. The Hall–Kier alpha value is -2.61. The normalized spacial score (nSPS) is 11.4. The van der Waals surface area contributed by atoms with Crippen molar-refractivity contribution in [2.45, 2.75) is 0 Å². The molecular formula is C16H19N3O4S. The van der Waals surface area contributed by atoms with Crippen molar-refractivity contribution in [3.8, 4) is 17.4 Å². The molecule has 2 rings (SSSR count). The van der Waals surface area contributed by atoms with Crippen molar-refractivity contribution in [3.63, 3.8) is 0 Å². The van der Waals surface area contributed by atoms with Gasteiger partial charge in [0.2, 0.25) is 5.88 Å². The summed E-state index contributed by atoms with van der Waals surface area (Å²) in [7, 11) is 0.635. The zero-order valence-corrected chi connectivity index (χ0v) is 14.3. The van der Waals surface area contributed by atoms with Gasteiger partial charge < -0.3 is 20.1 Å². The maximum Gasteiger partial charge on any atom is 0.319 e. The Balaban J connectivity index is 2.01. The van der Waals surface area contributed by atoms with Crippen molar-refractivity contribution in [2.24, 2.45) is 0 Å². The van der Waals surface area contributed by atoms with Gasteiger partial charge in [-0.1, -0.05) is 0 Å². The van der Waals surface area contributed by atoms with E-state index in [2.05, 4.69) is 15.6 Å². The number of nitrogens with zero attached hydrogens (tertiary/aromatic N) is 1. The van der Waals surface area contributed by atoms with Crippen molar-refractivity contribution >= 4 is 22.5 Å². The minimum absolute atomic E-state index is 0.275. The summed E-state index contributed by atoms with van der Waals surface area (Å²) in [6, 6.07) is 9.99. The second-order valence-electron chi connectivity index (χ2n) is 4.79. The Morgan fingerprint density at radius 3 is 2.58 bits per heavy atom. The number of rotatable bonds is 7. The van der Waals surface area contributed by atoms with E-state index in [1.807, 2.05) is 0 Å². The fourth-order valence-corrected chi connectivity index (χ4v) is 2.19. The summed E-state index contributed by atoms with van der Waals surface area (Å²) in [6.07, 6.45) is 3.16. The number of amides is 2. The summed E-state index contributed by atoms with van der Waals surface area (Å²) >= 11 is 0. The Morgan fingerprint density at radius 1 is 1.21 bits per heavy atom. The van der Waals surface area contributed by atoms with E-state index in [0.29, 0.717) is 23.7 Å². The number of pyridine rings is 1. The van der Waals surface area contributed by atoms with Crippen LogP contribution in [0.3, 0.4) is 0 Å². The van der Waals surface area contributed by atoms with Gasteiger partial charge in [-0.15, -0.1) is 0 Å². The summed E-state index contributed by atoms with van der Waals surface area (Å²) in [5, 5.41) is 5.29. The first-order chi connectivity index (χ1) is 11.6. The van der Waals surface area contributed by atoms with Crippen molar-refractivity contribution in [2.75, 3.05) is 31.0 Å². The van der Waals surface area contributed by atoms with Crippen molar-refractivity contribution in [3.05, 3.63) is 42.6 Å². The van der Waals surface area contributed by atoms with E-state index in [-0.39, 0.29) is 5.88 Å². The Bertz CT molecular complexity index is 707. The molecule has 7 nitrogen and oxygen atoms in total. The van der Waals surface area contributed by atoms with Gasteiger partial charge in [-0.2, -0.15) is 0 Å². The minimum atomic E-state index is -0.952. The highest BCUT2D eigenvalue weighted by Crippen LogP contribution is 2.27. The monoisotopic (exact) mass is 349 g/mol. The molecule has 0 aliphatic heterocycles. The molecule has 1 aromatic heterocycles. The van der Waals surface area contributed by atoms with Crippen LogP contribution in [0.15, 0.2) is 42.6 Å². The number of hydrogen-bond acceptors (Lipinski definition) is 5. The van der Waals surface area contributed by atoms with Gasteiger partial charge in [0.15, 0.2) is 0 Å². The standard InChI is InChI=1S/C16H19N3O4S/c1-22-12-5-7-13(8-6-12)23-15-14(4-3-9-17-15)19-16(20)18-10-11-24(2)21/h3-9H,10-11H2,1-2H3,(H2,18,19,20)/t24-/m0/s1. The third kappa shape index (κ3) is 5.54. The Morgan fingerprint density at radius 2 is 1.92 bits per heavy atom. The van der Waals surface area contributed by atoms with E-state index >= 15 is 0 Å². The van der Waals surface area contributed by atoms with Crippen molar-refractivity contribution in [1.82, 2.24) is 10.3 Å². The second kappa shape index (κ2) is 8.88. The predicted octanol–water partition coefficient (Wildman–Crippen LogP) is 2.38. The molecule has 2 amide bonds. The van der Waals surface area contributed by atoms with E-state index in [9.17, 15) is 9.00 Å². The number of urea groups is 1. The summed E-state index contributed by atoms with van der Waals surface area (Å²) < 4.78 is 21.8. The van der Waals surface area contributed by atoms with Crippen molar-refractivity contribution in [1.29, 1.82) is 0 Å². The van der Waals surface area contributed by atoms with Gasteiger partial charge in [0, 0.05) is 35.5 Å². The molecule has 0 aliphatic rings. The minimum Gasteiger partial charge on any atom is -0.497 e. The number of hydrogen-bond donors (Lipinski definition) is 2. The quantitative estimate of drug-likeness (QED) is 0.801. The molecule has 1 heterocycles. The molecule has 2 N–H and O–H groups in total. The highest BCUT2D eigenvalue weighted by molar-refractivity contribution is 7.84. The summed E-state index contributed by atoms with van der Waals surface area (Å²) in [5.41, 5.74) is 0.434. The number of carbonyl (C=O) groups excluding carboxylic acids is 1. The third-order valence-corrected chi connectivity index (χ3v) is 3.75. The van der Waals surface area contributed by atoms with Gasteiger partial charge in [0.1, 0.15) is 17.2 Å².